The lowest BCUT2D eigenvalue weighted by Gasteiger charge is -2.21. The van der Waals surface area contributed by atoms with Crippen molar-refractivity contribution in [2.45, 2.75) is 19.4 Å². The quantitative estimate of drug-likeness (QED) is 0.234. The largest absolute Gasteiger partial charge is 0.455 e. The van der Waals surface area contributed by atoms with Crippen molar-refractivity contribution in [1.82, 2.24) is 4.57 Å². The zero-order valence-corrected chi connectivity index (χ0v) is 19.4. The van der Waals surface area contributed by atoms with Crippen LogP contribution in [0.3, 0.4) is 0 Å². The van der Waals surface area contributed by atoms with Crippen LogP contribution in [0.15, 0.2) is 108 Å². The molecule has 8 rings (SSSR count). The summed E-state index contributed by atoms with van der Waals surface area (Å²) in [6.45, 7) is 2.33. The summed E-state index contributed by atoms with van der Waals surface area (Å²) in [7, 11) is 0. The van der Waals surface area contributed by atoms with E-state index in [2.05, 4.69) is 113 Å². The number of hydrogen-bond acceptors (Lipinski definition) is 1. The number of nitrogens with zero attached hydrogens (tertiary/aromatic N) is 2. The zero-order chi connectivity index (χ0) is 23.1. The maximum Gasteiger partial charge on any atom is 0.299 e. The Balaban J connectivity index is 1.60. The Morgan fingerprint density at radius 2 is 1.51 bits per heavy atom. The van der Waals surface area contributed by atoms with E-state index in [4.69, 9.17) is 4.42 Å². The van der Waals surface area contributed by atoms with Crippen LogP contribution in [0.25, 0.3) is 60.8 Å². The average Bonchev–Trinajstić information content (AvgIpc) is 3.45. The molecule has 0 N–H and O–H groups in total. The SMILES string of the molecule is CC1Cc2ccc3c(oc4ccccc43)c2-c2n(-c3cccc4ccccc34)c3ccccc3[n+]21. The van der Waals surface area contributed by atoms with E-state index in [1.54, 1.807) is 0 Å². The summed E-state index contributed by atoms with van der Waals surface area (Å²) in [4.78, 5) is 0. The third-order valence-electron chi connectivity index (χ3n) is 7.64. The van der Waals surface area contributed by atoms with Gasteiger partial charge >= 0.3 is 0 Å². The second kappa shape index (κ2) is 6.83. The predicted molar refractivity (Wildman–Crippen MR) is 142 cm³/mol. The second-order valence-electron chi connectivity index (χ2n) is 9.64. The Labute approximate surface area is 202 Å². The number of fused-ring (bicyclic) bond motifs is 10. The zero-order valence-electron chi connectivity index (χ0n) is 19.4. The van der Waals surface area contributed by atoms with E-state index in [1.807, 2.05) is 6.07 Å². The highest BCUT2D eigenvalue weighted by molar-refractivity contribution is 6.10. The lowest BCUT2D eigenvalue weighted by molar-refractivity contribution is -0.686. The van der Waals surface area contributed by atoms with Gasteiger partial charge in [0, 0.05) is 22.6 Å². The Bertz CT molecular complexity index is 1950. The number of aromatic nitrogens is 2. The van der Waals surface area contributed by atoms with Crippen LogP contribution in [-0.2, 0) is 6.42 Å². The first kappa shape index (κ1) is 19.0. The molecule has 0 bridgehead atoms. The monoisotopic (exact) mass is 451 g/mol. The molecule has 0 fully saturated rings. The molecule has 1 aliphatic rings. The summed E-state index contributed by atoms with van der Waals surface area (Å²) in [6, 6.07) is 37.3. The minimum absolute atomic E-state index is 0.334. The van der Waals surface area contributed by atoms with Gasteiger partial charge in [-0.2, -0.15) is 4.57 Å². The molecule has 0 spiro atoms. The second-order valence-corrected chi connectivity index (χ2v) is 9.64. The third-order valence-corrected chi connectivity index (χ3v) is 7.64. The Morgan fingerprint density at radius 1 is 0.743 bits per heavy atom. The Morgan fingerprint density at radius 3 is 2.46 bits per heavy atom. The van der Waals surface area contributed by atoms with E-state index in [-0.39, 0.29) is 0 Å². The van der Waals surface area contributed by atoms with Crippen molar-refractivity contribution in [3.8, 4) is 17.1 Å². The van der Waals surface area contributed by atoms with Gasteiger partial charge in [0.2, 0.25) is 0 Å². The molecule has 0 aliphatic carbocycles. The van der Waals surface area contributed by atoms with E-state index in [0.717, 1.165) is 17.6 Å². The number of rotatable bonds is 1. The van der Waals surface area contributed by atoms with Gasteiger partial charge in [0.05, 0.1) is 0 Å². The molecule has 1 aliphatic heterocycles. The Kier molecular flexibility index (Phi) is 3.71. The molecule has 0 radical (unpaired) electrons. The van der Waals surface area contributed by atoms with Crippen molar-refractivity contribution in [2.24, 2.45) is 0 Å². The van der Waals surface area contributed by atoms with Gasteiger partial charge in [-0.1, -0.05) is 78.9 Å². The summed E-state index contributed by atoms with van der Waals surface area (Å²) in [5, 5.41) is 4.83. The summed E-state index contributed by atoms with van der Waals surface area (Å²) in [5.41, 5.74) is 8.13. The fourth-order valence-electron chi connectivity index (χ4n) is 6.17. The molecule has 0 saturated heterocycles. The fourth-order valence-corrected chi connectivity index (χ4v) is 6.17. The molecule has 166 valence electrons. The predicted octanol–water partition coefficient (Wildman–Crippen LogP) is 7.75. The number of furan rings is 1. The van der Waals surface area contributed by atoms with Crippen molar-refractivity contribution in [3.05, 3.63) is 109 Å². The highest BCUT2D eigenvalue weighted by Crippen LogP contribution is 2.43. The molecule has 0 saturated carbocycles. The number of hydrogen-bond donors (Lipinski definition) is 0. The highest BCUT2D eigenvalue weighted by atomic mass is 16.3. The van der Waals surface area contributed by atoms with Crippen LogP contribution < -0.4 is 4.57 Å². The lowest BCUT2D eigenvalue weighted by atomic mass is 9.93. The molecule has 2 aromatic heterocycles. The van der Waals surface area contributed by atoms with Gasteiger partial charge in [0.1, 0.15) is 22.9 Å². The molecule has 0 amide bonds. The van der Waals surface area contributed by atoms with Gasteiger partial charge in [0.25, 0.3) is 5.82 Å². The molecule has 3 heterocycles. The van der Waals surface area contributed by atoms with Gasteiger partial charge in [0.15, 0.2) is 16.6 Å². The molecule has 5 aromatic carbocycles. The first-order chi connectivity index (χ1) is 17.3. The Hall–Kier alpha value is -4.37. The van der Waals surface area contributed by atoms with Crippen LogP contribution in [0.5, 0.6) is 0 Å². The summed E-state index contributed by atoms with van der Waals surface area (Å²) in [5.74, 6) is 1.20. The van der Waals surface area contributed by atoms with Crippen LogP contribution in [0.2, 0.25) is 0 Å². The van der Waals surface area contributed by atoms with Crippen LogP contribution in [0.1, 0.15) is 18.5 Å². The third kappa shape index (κ3) is 2.47. The van der Waals surface area contributed by atoms with E-state index in [9.17, 15) is 0 Å². The normalized spacial score (nSPS) is 15.2. The van der Waals surface area contributed by atoms with Crippen LogP contribution in [0, 0.1) is 0 Å². The van der Waals surface area contributed by atoms with Gasteiger partial charge in [-0.05, 0) is 42.1 Å². The summed E-state index contributed by atoms with van der Waals surface area (Å²) < 4.78 is 11.6. The van der Waals surface area contributed by atoms with Crippen molar-refractivity contribution in [2.75, 3.05) is 0 Å². The van der Waals surface area contributed by atoms with Crippen LogP contribution in [-0.4, -0.2) is 4.57 Å². The van der Waals surface area contributed by atoms with E-state index in [1.165, 1.54) is 55.2 Å². The molecule has 1 atom stereocenters. The van der Waals surface area contributed by atoms with Crippen molar-refractivity contribution < 1.29 is 8.98 Å². The maximum atomic E-state index is 6.59. The van der Waals surface area contributed by atoms with Gasteiger partial charge in [-0.15, -0.1) is 0 Å². The minimum atomic E-state index is 0.334. The van der Waals surface area contributed by atoms with Crippen molar-refractivity contribution in [3.63, 3.8) is 0 Å². The smallest absolute Gasteiger partial charge is 0.299 e. The van der Waals surface area contributed by atoms with Gasteiger partial charge in [-0.3, -0.25) is 0 Å². The van der Waals surface area contributed by atoms with Gasteiger partial charge < -0.3 is 4.42 Å². The summed E-state index contributed by atoms with van der Waals surface area (Å²) in [6.07, 6.45) is 0.976. The fraction of sp³-hybridized carbons (Fsp3) is 0.0938. The van der Waals surface area contributed by atoms with Crippen molar-refractivity contribution >= 4 is 43.7 Å². The van der Waals surface area contributed by atoms with E-state index < -0.39 is 0 Å². The maximum absolute atomic E-state index is 6.59. The number of imidazole rings is 1. The lowest BCUT2D eigenvalue weighted by Crippen LogP contribution is -2.43. The average molecular weight is 452 g/mol. The standard InChI is InChI=1S/C32H23N2O/c1-20-19-22-17-18-25-24-12-4-7-16-29(24)35-31(25)30(22)32-33(20)27-13-5-6-14-28(27)34(32)26-15-8-10-21-9-2-3-11-23(21)26/h2-18,20H,19H2,1H3/q+1. The number of benzene rings is 5. The highest BCUT2D eigenvalue weighted by Gasteiger charge is 2.38. The molecule has 1 unspecified atom stereocenters. The molecule has 3 heteroatoms. The van der Waals surface area contributed by atoms with Gasteiger partial charge in [-0.25, -0.2) is 4.57 Å². The van der Waals surface area contributed by atoms with Crippen LogP contribution >= 0.6 is 0 Å². The first-order valence-corrected chi connectivity index (χ1v) is 12.3. The minimum Gasteiger partial charge on any atom is -0.455 e. The van der Waals surface area contributed by atoms with Crippen LogP contribution in [0.4, 0.5) is 0 Å². The molecular weight excluding hydrogens is 428 g/mol. The topological polar surface area (TPSA) is 21.9 Å². The molecule has 35 heavy (non-hydrogen) atoms. The van der Waals surface area contributed by atoms with E-state index in [0.29, 0.717) is 6.04 Å². The first-order valence-electron chi connectivity index (χ1n) is 12.3. The number of para-hydroxylation sites is 3. The molecule has 7 aromatic rings. The van der Waals surface area contributed by atoms with Crippen molar-refractivity contribution in [1.29, 1.82) is 0 Å². The molecular formula is C32H23N2O+. The molecule has 3 nitrogen and oxygen atoms in total. The van der Waals surface area contributed by atoms with E-state index >= 15 is 0 Å². The summed E-state index contributed by atoms with van der Waals surface area (Å²) >= 11 is 0.